The number of benzene rings is 1. The van der Waals surface area contributed by atoms with Crippen molar-refractivity contribution in [2.24, 2.45) is 5.92 Å². The molecule has 0 aliphatic heterocycles. The molecule has 0 bridgehead atoms. The summed E-state index contributed by atoms with van der Waals surface area (Å²) in [6, 6.07) is 8.71. The van der Waals surface area contributed by atoms with Gasteiger partial charge in [0.2, 0.25) is 0 Å². The lowest BCUT2D eigenvalue weighted by Gasteiger charge is -2.25. The van der Waals surface area contributed by atoms with Crippen molar-refractivity contribution < 1.29 is 4.74 Å². The molecule has 0 aromatic heterocycles. The summed E-state index contributed by atoms with van der Waals surface area (Å²) in [6.07, 6.45) is 1.15. The minimum absolute atomic E-state index is 0.373. The Bertz CT molecular complexity index is 322. The first-order chi connectivity index (χ1) is 8.20. The third-order valence-corrected chi connectivity index (χ3v) is 2.83. The van der Waals surface area contributed by atoms with Crippen LogP contribution in [0.25, 0.3) is 0 Å². The maximum Gasteiger partial charge on any atom is 0.124 e. The molecule has 0 aliphatic rings. The molecule has 1 aromatic carbocycles. The van der Waals surface area contributed by atoms with Crippen LogP contribution in [0.1, 0.15) is 45.7 Å². The highest BCUT2D eigenvalue weighted by molar-refractivity contribution is 5.36. The SMILES string of the molecule is CCCNC(c1ccccc1OCC)C(C)C. The number of hydrogen-bond donors (Lipinski definition) is 1. The lowest BCUT2D eigenvalue weighted by atomic mass is 9.95. The van der Waals surface area contributed by atoms with Crippen molar-refractivity contribution in [2.75, 3.05) is 13.2 Å². The molecule has 1 unspecified atom stereocenters. The second kappa shape index (κ2) is 7.33. The fraction of sp³-hybridized carbons (Fsp3) is 0.600. The van der Waals surface area contributed by atoms with Crippen molar-refractivity contribution in [1.29, 1.82) is 0 Å². The van der Waals surface area contributed by atoms with E-state index in [1.54, 1.807) is 0 Å². The van der Waals surface area contributed by atoms with Gasteiger partial charge in [-0.05, 0) is 31.9 Å². The molecule has 0 saturated heterocycles. The van der Waals surface area contributed by atoms with Gasteiger partial charge in [-0.2, -0.15) is 0 Å². The van der Waals surface area contributed by atoms with Gasteiger partial charge < -0.3 is 10.1 Å². The average molecular weight is 235 g/mol. The third kappa shape index (κ3) is 4.04. The maximum absolute atomic E-state index is 5.71. The Hall–Kier alpha value is -1.02. The van der Waals surface area contributed by atoms with E-state index < -0.39 is 0 Å². The molecule has 0 aliphatic carbocycles. The Labute approximate surface area is 105 Å². The van der Waals surface area contributed by atoms with Crippen LogP contribution in [0, 0.1) is 5.92 Å². The monoisotopic (exact) mass is 235 g/mol. The largest absolute Gasteiger partial charge is 0.494 e. The van der Waals surface area contributed by atoms with Gasteiger partial charge >= 0.3 is 0 Å². The van der Waals surface area contributed by atoms with E-state index in [-0.39, 0.29) is 0 Å². The number of ether oxygens (including phenoxy) is 1. The summed E-state index contributed by atoms with van der Waals surface area (Å²) in [7, 11) is 0. The molecule has 96 valence electrons. The predicted octanol–water partition coefficient (Wildman–Crippen LogP) is 3.78. The Morgan fingerprint density at radius 1 is 1.18 bits per heavy atom. The summed E-state index contributed by atoms with van der Waals surface area (Å²) in [6.45, 7) is 10.5. The van der Waals surface area contributed by atoms with Gasteiger partial charge in [0.25, 0.3) is 0 Å². The number of rotatable bonds is 7. The quantitative estimate of drug-likeness (QED) is 0.776. The van der Waals surface area contributed by atoms with Crippen LogP contribution in [-0.2, 0) is 0 Å². The van der Waals surface area contributed by atoms with E-state index in [0.717, 1.165) is 25.3 Å². The molecule has 1 N–H and O–H groups in total. The molecule has 2 heteroatoms. The standard InChI is InChI=1S/C15H25NO/c1-5-11-16-15(12(3)4)13-9-7-8-10-14(13)17-6-2/h7-10,12,15-16H,5-6,11H2,1-4H3. The molecule has 0 radical (unpaired) electrons. The smallest absolute Gasteiger partial charge is 0.124 e. The minimum Gasteiger partial charge on any atom is -0.494 e. The Kier molecular flexibility index (Phi) is 6.06. The molecular formula is C15H25NO. The van der Waals surface area contributed by atoms with E-state index in [1.807, 2.05) is 13.0 Å². The molecule has 0 spiro atoms. The second-order valence-corrected chi connectivity index (χ2v) is 4.65. The summed E-state index contributed by atoms with van der Waals surface area (Å²) in [5.41, 5.74) is 1.28. The van der Waals surface area contributed by atoms with Crippen LogP contribution in [0.3, 0.4) is 0 Å². The molecule has 1 rings (SSSR count). The van der Waals surface area contributed by atoms with Crippen LogP contribution in [0.5, 0.6) is 5.75 Å². The third-order valence-electron chi connectivity index (χ3n) is 2.83. The molecule has 2 nitrogen and oxygen atoms in total. The van der Waals surface area contributed by atoms with Gasteiger partial charge in [-0.25, -0.2) is 0 Å². The molecule has 17 heavy (non-hydrogen) atoms. The second-order valence-electron chi connectivity index (χ2n) is 4.65. The van der Waals surface area contributed by atoms with Gasteiger partial charge in [0.05, 0.1) is 6.61 Å². The van der Waals surface area contributed by atoms with Gasteiger partial charge in [-0.15, -0.1) is 0 Å². The van der Waals surface area contributed by atoms with E-state index in [0.29, 0.717) is 12.0 Å². The van der Waals surface area contributed by atoms with Crippen LogP contribution >= 0.6 is 0 Å². The van der Waals surface area contributed by atoms with Crippen molar-refractivity contribution >= 4 is 0 Å². The van der Waals surface area contributed by atoms with Crippen molar-refractivity contribution in [2.45, 2.75) is 40.2 Å². The summed E-state index contributed by atoms with van der Waals surface area (Å²) in [5.74, 6) is 1.57. The van der Waals surface area contributed by atoms with Gasteiger partial charge in [0, 0.05) is 11.6 Å². The molecule has 1 atom stereocenters. The van der Waals surface area contributed by atoms with E-state index >= 15 is 0 Å². The molecule has 0 fully saturated rings. The van der Waals surface area contributed by atoms with Gasteiger partial charge in [0.1, 0.15) is 5.75 Å². The first-order valence-corrected chi connectivity index (χ1v) is 6.65. The summed E-state index contributed by atoms with van der Waals surface area (Å²) >= 11 is 0. The molecule has 1 aromatic rings. The maximum atomic E-state index is 5.71. The first-order valence-electron chi connectivity index (χ1n) is 6.65. The van der Waals surface area contributed by atoms with Gasteiger partial charge in [0.15, 0.2) is 0 Å². The zero-order valence-corrected chi connectivity index (χ0v) is 11.5. The fourth-order valence-electron chi connectivity index (χ4n) is 2.03. The molecule has 0 amide bonds. The van der Waals surface area contributed by atoms with Crippen molar-refractivity contribution in [1.82, 2.24) is 5.32 Å². The predicted molar refractivity (Wildman–Crippen MR) is 73.5 cm³/mol. The van der Waals surface area contributed by atoms with E-state index in [2.05, 4.69) is 44.3 Å². The minimum atomic E-state index is 0.373. The summed E-state index contributed by atoms with van der Waals surface area (Å²) in [4.78, 5) is 0. The van der Waals surface area contributed by atoms with Crippen LogP contribution in [0.4, 0.5) is 0 Å². The van der Waals surface area contributed by atoms with E-state index in [1.165, 1.54) is 5.56 Å². The molecular weight excluding hydrogens is 210 g/mol. The Morgan fingerprint density at radius 3 is 2.47 bits per heavy atom. The number of para-hydroxylation sites is 1. The molecule has 0 heterocycles. The van der Waals surface area contributed by atoms with Gasteiger partial charge in [-0.3, -0.25) is 0 Å². The number of hydrogen-bond acceptors (Lipinski definition) is 2. The lowest BCUT2D eigenvalue weighted by molar-refractivity contribution is 0.322. The van der Waals surface area contributed by atoms with Crippen LogP contribution in [0.2, 0.25) is 0 Å². The van der Waals surface area contributed by atoms with Crippen molar-refractivity contribution in [3.8, 4) is 5.75 Å². The van der Waals surface area contributed by atoms with Crippen LogP contribution < -0.4 is 10.1 Å². The average Bonchev–Trinajstić information content (AvgIpc) is 2.31. The first kappa shape index (κ1) is 14.0. The van der Waals surface area contributed by atoms with Crippen LogP contribution in [0.15, 0.2) is 24.3 Å². The lowest BCUT2D eigenvalue weighted by Crippen LogP contribution is -2.26. The Balaban J connectivity index is 2.91. The Morgan fingerprint density at radius 2 is 1.88 bits per heavy atom. The highest BCUT2D eigenvalue weighted by Gasteiger charge is 2.18. The highest BCUT2D eigenvalue weighted by atomic mass is 16.5. The van der Waals surface area contributed by atoms with Crippen LogP contribution in [-0.4, -0.2) is 13.2 Å². The zero-order valence-electron chi connectivity index (χ0n) is 11.5. The van der Waals surface area contributed by atoms with Crippen molar-refractivity contribution in [3.63, 3.8) is 0 Å². The summed E-state index contributed by atoms with van der Waals surface area (Å²) < 4.78 is 5.71. The van der Waals surface area contributed by atoms with E-state index in [9.17, 15) is 0 Å². The highest BCUT2D eigenvalue weighted by Crippen LogP contribution is 2.29. The van der Waals surface area contributed by atoms with Crippen molar-refractivity contribution in [3.05, 3.63) is 29.8 Å². The topological polar surface area (TPSA) is 21.3 Å². The normalized spacial score (nSPS) is 12.8. The molecule has 0 saturated carbocycles. The van der Waals surface area contributed by atoms with Gasteiger partial charge in [-0.1, -0.05) is 39.0 Å². The van der Waals surface area contributed by atoms with E-state index in [4.69, 9.17) is 4.74 Å². The summed E-state index contributed by atoms with van der Waals surface area (Å²) in [5, 5.41) is 3.60. The number of nitrogens with one attached hydrogen (secondary N) is 1. The fourth-order valence-corrected chi connectivity index (χ4v) is 2.03. The zero-order chi connectivity index (χ0) is 12.7.